The maximum Gasteiger partial charge on any atom is 0.227 e. The number of anilines is 2. The average molecular weight is 365 g/mol. The number of benzene rings is 2. The minimum absolute atomic E-state index is 0.513. The summed E-state index contributed by atoms with van der Waals surface area (Å²) in [7, 11) is 0. The standard InChI is InChI=1S/C21H15N7/c1-2-7-19-18(6-1)27-20(28-19)14-4-3-5-16(10-14)26-21-23-11-15(12-24-21)17-8-9-22-13-25-17/h1-13H,(H,27,28)(H,23,24,26). The molecule has 2 aromatic carbocycles. The van der Waals surface area contributed by atoms with Crippen LogP contribution in [0.3, 0.4) is 0 Å². The fraction of sp³-hybridized carbons (Fsp3) is 0. The van der Waals surface area contributed by atoms with Gasteiger partial charge in [0.25, 0.3) is 0 Å². The summed E-state index contributed by atoms with van der Waals surface area (Å²) >= 11 is 0. The lowest BCUT2D eigenvalue weighted by atomic mass is 10.2. The summed E-state index contributed by atoms with van der Waals surface area (Å²) in [6.45, 7) is 0. The molecule has 0 saturated heterocycles. The van der Waals surface area contributed by atoms with Crippen LogP contribution in [-0.2, 0) is 0 Å². The number of rotatable bonds is 4. The van der Waals surface area contributed by atoms with Crippen LogP contribution in [0.5, 0.6) is 0 Å². The van der Waals surface area contributed by atoms with E-state index >= 15 is 0 Å². The molecule has 0 aliphatic rings. The number of para-hydroxylation sites is 2. The summed E-state index contributed by atoms with van der Waals surface area (Å²) in [6.07, 6.45) is 6.67. The van der Waals surface area contributed by atoms with E-state index in [0.717, 1.165) is 39.4 Å². The summed E-state index contributed by atoms with van der Waals surface area (Å²) in [6, 6.07) is 17.8. The second kappa shape index (κ2) is 6.88. The van der Waals surface area contributed by atoms with Crippen molar-refractivity contribution >= 4 is 22.7 Å². The fourth-order valence-corrected chi connectivity index (χ4v) is 2.95. The van der Waals surface area contributed by atoms with Gasteiger partial charge in [0, 0.05) is 35.4 Å². The number of hydrogen-bond donors (Lipinski definition) is 2. The SMILES string of the molecule is c1cc(Nc2ncc(-c3ccncn3)cn2)cc(-c2nc3ccccc3[nH]2)c1. The van der Waals surface area contributed by atoms with E-state index in [0.29, 0.717) is 5.95 Å². The fourth-order valence-electron chi connectivity index (χ4n) is 2.95. The van der Waals surface area contributed by atoms with Crippen molar-refractivity contribution in [1.82, 2.24) is 29.9 Å². The Kier molecular flexibility index (Phi) is 3.95. The number of imidazole rings is 1. The Morgan fingerprint density at radius 3 is 2.54 bits per heavy atom. The summed E-state index contributed by atoms with van der Waals surface area (Å²) < 4.78 is 0. The van der Waals surface area contributed by atoms with Gasteiger partial charge in [-0.05, 0) is 30.3 Å². The molecule has 28 heavy (non-hydrogen) atoms. The summed E-state index contributed by atoms with van der Waals surface area (Å²) in [5, 5.41) is 3.23. The molecule has 0 atom stereocenters. The molecule has 0 spiro atoms. The Labute approximate surface area is 160 Å². The van der Waals surface area contributed by atoms with Gasteiger partial charge in [-0.15, -0.1) is 0 Å². The molecule has 0 fully saturated rings. The third-order valence-electron chi connectivity index (χ3n) is 4.31. The lowest BCUT2D eigenvalue weighted by Crippen LogP contribution is -1.97. The van der Waals surface area contributed by atoms with Gasteiger partial charge in [0.2, 0.25) is 5.95 Å². The maximum atomic E-state index is 4.65. The lowest BCUT2D eigenvalue weighted by molar-refractivity contribution is 1.13. The van der Waals surface area contributed by atoms with Gasteiger partial charge in [-0.3, -0.25) is 0 Å². The van der Waals surface area contributed by atoms with E-state index in [-0.39, 0.29) is 0 Å². The first-order chi connectivity index (χ1) is 13.8. The second-order valence-electron chi connectivity index (χ2n) is 6.20. The van der Waals surface area contributed by atoms with Gasteiger partial charge in [-0.25, -0.2) is 24.9 Å². The van der Waals surface area contributed by atoms with Crippen LogP contribution in [0.4, 0.5) is 11.6 Å². The molecule has 0 saturated carbocycles. The molecule has 134 valence electrons. The number of nitrogens with zero attached hydrogens (tertiary/aromatic N) is 5. The highest BCUT2D eigenvalue weighted by molar-refractivity contribution is 5.80. The Morgan fingerprint density at radius 1 is 0.821 bits per heavy atom. The van der Waals surface area contributed by atoms with E-state index in [1.165, 1.54) is 6.33 Å². The van der Waals surface area contributed by atoms with Gasteiger partial charge in [-0.2, -0.15) is 0 Å². The van der Waals surface area contributed by atoms with E-state index in [1.54, 1.807) is 18.6 Å². The molecule has 5 rings (SSSR count). The highest BCUT2D eigenvalue weighted by Gasteiger charge is 2.07. The van der Waals surface area contributed by atoms with Gasteiger partial charge < -0.3 is 10.3 Å². The van der Waals surface area contributed by atoms with Crippen LogP contribution in [0, 0.1) is 0 Å². The minimum atomic E-state index is 0.513. The van der Waals surface area contributed by atoms with Gasteiger partial charge >= 0.3 is 0 Å². The number of fused-ring (bicyclic) bond motifs is 1. The molecule has 0 aliphatic carbocycles. The molecule has 0 radical (unpaired) electrons. The van der Waals surface area contributed by atoms with Crippen molar-refractivity contribution in [1.29, 1.82) is 0 Å². The molecule has 0 aliphatic heterocycles. The van der Waals surface area contributed by atoms with E-state index in [2.05, 4.69) is 35.2 Å². The predicted molar refractivity (Wildman–Crippen MR) is 108 cm³/mol. The second-order valence-corrected chi connectivity index (χ2v) is 6.20. The molecule has 7 heteroatoms. The van der Waals surface area contributed by atoms with E-state index in [4.69, 9.17) is 0 Å². The van der Waals surface area contributed by atoms with Crippen molar-refractivity contribution in [2.45, 2.75) is 0 Å². The highest BCUT2D eigenvalue weighted by Crippen LogP contribution is 2.24. The van der Waals surface area contributed by atoms with Crippen LogP contribution in [0.15, 0.2) is 79.5 Å². The molecule has 3 heterocycles. The maximum absolute atomic E-state index is 4.65. The van der Waals surface area contributed by atoms with Crippen LogP contribution in [-0.4, -0.2) is 29.9 Å². The zero-order valence-electron chi connectivity index (χ0n) is 14.7. The monoisotopic (exact) mass is 365 g/mol. The first-order valence-electron chi connectivity index (χ1n) is 8.76. The van der Waals surface area contributed by atoms with Gasteiger partial charge in [-0.1, -0.05) is 24.3 Å². The van der Waals surface area contributed by atoms with Crippen molar-refractivity contribution < 1.29 is 0 Å². The number of hydrogen-bond acceptors (Lipinski definition) is 6. The molecule has 0 amide bonds. The Balaban J connectivity index is 1.39. The van der Waals surface area contributed by atoms with Crippen molar-refractivity contribution in [2.24, 2.45) is 0 Å². The highest BCUT2D eigenvalue weighted by atomic mass is 15.1. The molecule has 5 aromatic rings. The summed E-state index contributed by atoms with van der Waals surface area (Å²) in [5.41, 5.74) is 5.45. The smallest absolute Gasteiger partial charge is 0.227 e. The van der Waals surface area contributed by atoms with Gasteiger partial charge in [0.05, 0.1) is 16.7 Å². The first kappa shape index (κ1) is 16.1. The molecule has 0 unspecified atom stereocenters. The van der Waals surface area contributed by atoms with Crippen LogP contribution < -0.4 is 5.32 Å². The van der Waals surface area contributed by atoms with Gasteiger partial charge in [0.1, 0.15) is 12.2 Å². The van der Waals surface area contributed by atoms with E-state index in [9.17, 15) is 0 Å². The summed E-state index contributed by atoms with van der Waals surface area (Å²) in [5.74, 6) is 1.34. The molecule has 2 N–H and O–H groups in total. The predicted octanol–water partition coefficient (Wildman–Crippen LogP) is 4.22. The Morgan fingerprint density at radius 2 is 1.71 bits per heavy atom. The Hall–Kier alpha value is -4.13. The minimum Gasteiger partial charge on any atom is -0.338 e. The number of H-pyrrole nitrogens is 1. The van der Waals surface area contributed by atoms with Gasteiger partial charge in [0.15, 0.2) is 0 Å². The number of aromatic nitrogens is 6. The van der Waals surface area contributed by atoms with Crippen molar-refractivity contribution in [3.63, 3.8) is 0 Å². The summed E-state index contributed by atoms with van der Waals surface area (Å²) in [4.78, 5) is 24.9. The lowest BCUT2D eigenvalue weighted by Gasteiger charge is -2.07. The number of aromatic amines is 1. The van der Waals surface area contributed by atoms with Crippen molar-refractivity contribution in [3.05, 3.63) is 79.5 Å². The van der Waals surface area contributed by atoms with Crippen molar-refractivity contribution in [2.75, 3.05) is 5.32 Å². The zero-order chi connectivity index (χ0) is 18.8. The Bertz CT molecular complexity index is 1200. The van der Waals surface area contributed by atoms with Crippen molar-refractivity contribution in [3.8, 4) is 22.6 Å². The first-order valence-corrected chi connectivity index (χ1v) is 8.76. The third kappa shape index (κ3) is 3.16. The van der Waals surface area contributed by atoms with Crippen LogP contribution >= 0.6 is 0 Å². The van der Waals surface area contributed by atoms with E-state index < -0.39 is 0 Å². The van der Waals surface area contributed by atoms with E-state index in [1.807, 2.05) is 54.6 Å². The van der Waals surface area contributed by atoms with Crippen LogP contribution in [0.2, 0.25) is 0 Å². The molecular formula is C21H15N7. The molecular weight excluding hydrogens is 350 g/mol. The topological polar surface area (TPSA) is 92.3 Å². The number of nitrogens with one attached hydrogen (secondary N) is 2. The average Bonchev–Trinajstić information content (AvgIpc) is 3.20. The third-order valence-corrected chi connectivity index (χ3v) is 4.31. The molecule has 3 aromatic heterocycles. The van der Waals surface area contributed by atoms with Crippen LogP contribution in [0.25, 0.3) is 33.7 Å². The van der Waals surface area contributed by atoms with Crippen LogP contribution in [0.1, 0.15) is 0 Å². The zero-order valence-corrected chi connectivity index (χ0v) is 14.7. The largest absolute Gasteiger partial charge is 0.338 e. The quantitative estimate of drug-likeness (QED) is 0.495. The normalized spacial score (nSPS) is 10.9. The molecule has 7 nitrogen and oxygen atoms in total. The molecule has 0 bridgehead atoms.